The zero-order chi connectivity index (χ0) is 33.8. The minimum absolute atomic E-state index is 0.0137. The number of oxime groups is 1. The first-order chi connectivity index (χ1) is 23.3. The molecule has 14 nitrogen and oxygen atoms in total. The lowest BCUT2D eigenvalue weighted by atomic mass is 9.55. The molecule has 1 aliphatic heterocycles. The normalized spacial score (nSPS) is 26.7. The second-order valence-corrected chi connectivity index (χ2v) is 12.8. The lowest BCUT2D eigenvalue weighted by molar-refractivity contribution is -0.384. The molecular weight excluding hydrogens is 622 g/mol. The molecule has 1 aromatic heterocycles. The molecule has 0 saturated heterocycles. The van der Waals surface area contributed by atoms with Crippen LogP contribution in [0.1, 0.15) is 73.7 Å². The Morgan fingerprint density at radius 2 is 1.81 bits per heavy atom. The molecule has 48 heavy (non-hydrogen) atoms. The summed E-state index contributed by atoms with van der Waals surface area (Å²) in [6.45, 7) is -0.200. The number of aliphatic hydroxyl groups excluding tert-OH is 3. The van der Waals surface area contributed by atoms with Crippen LogP contribution in [-0.2, 0) is 18.1 Å². The number of aromatic nitrogens is 3. The van der Waals surface area contributed by atoms with Crippen molar-refractivity contribution < 1.29 is 40.0 Å². The third-order valence-electron chi connectivity index (χ3n) is 9.92. The second-order valence-electron chi connectivity index (χ2n) is 12.8. The van der Waals surface area contributed by atoms with Crippen molar-refractivity contribution in [3.8, 4) is 11.5 Å². The molecule has 2 aromatic carbocycles. The number of rotatable bonds is 14. The van der Waals surface area contributed by atoms with E-state index >= 15 is 0 Å². The van der Waals surface area contributed by atoms with Gasteiger partial charge in [-0.1, -0.05) is 29.3 Å². The number of non-ortho nitro benzene ring substituents is 1. The van der Waals surface area contributed by atoms with Gasteiger partial charge in [-0.15, -0.1) is 5.10 Å². The highest BCUT2D eigenvalue weighted by molar-refractivity contribution is 6.02. The van der Waals surface area contributed by atoms with Gasteiger partial charge in [-0.05, 0) is 79.0 Å². The Labute approximate surface area is 277 Å². The van der Waals surface area contributed by atoms with E-state index in [1.165, 1.54) is 29.1 Å². The summed E-state index contributed by atoms with van der Waals surface area (Å²) >= 11 is 0. The molecule has 0 unspecified atom stereocenters. The summed E-state index contributed by atoms with van der Waals surface area (Å²) in [5, 5.41) is 76.8. The van der Waals surface area contributed by atoms with Crippen molar-refractivity contribution in [2.24, 2.45) is 22.9 Å². The van der Waals surface area contributed by atoms with Crippen LogP contribution in [0.5, 0.6) is 11.5 Å². The summed E-state index contributed by atoms with van der Waals surface area (Å²) in [5.74, 6) is -2.39. The van der Waals surface area contributed by atoms with Gasteiger partial charge in [0.05, 0.1) is 35.1 Å². The number of aromatic hydroxyl groups is 1. The van der Waals surface area contributed by atoms with Gasteiger partial charge >= 0.3 is 0 Å². The Kier molecular flexibility index (Phi) is 10.1. The fraction of sp³-hybridized carbons (Fsp3) is 0.500. The van der Waals surface area contributed by atoms with Crippen LogP contribution in [-0.4, -0.2) is 70.2 Å². The number of phenolic OH excluding ortho intramolecular Hbond substituents is 1. The molecule has 256 valence electrons. The van der Waals surface area contributed by atoms with Gasteiger partial charge in [-0.3, -0.25) is 10.1 Å². The topological polar surface area (TPSA) is 206 Å². The van der Waals surface area contributed by atoms with Gasteiger partial charge in [-0.2, -0.15) is 0 Å². The van der Waals surface area contributed by atoms with Crippen LogP contribution < -0.4 is 4.74 Å². The average molecular weight is 664 g/mol. The van der Waals surface area contributed by atoms with Crippen molar-refractivity contribution in [3.63, 3.8) is 0 Å². The van der Waals surface area contributed by atoms with E-state index < -0.39 is 22.7 Å². The maximum atomic E-state index is 12.8. The van der Waals surface area contributed by atoms with Crippen LogP contribution in [0.2, 0.25) is 0 Å². The predicted molar refractivity (Wildman–Crippen MR) is 172 cm³/mol. The Hall–Kier alpha value is -4.37. The second kappa shape index (κ2) is 14.4. The minimum atomic E-state index is -1.86. The highest BCUT2D eigenvalue weighted by Crippen LogP contribution is 2.62. The van der Waals surface area contributed by atoms with E-state index in [4.69, 9.17) is 9.57 Å². The van der Waals surface area contributed by atoms with Crippen LogP contribution in [0.25, 0.3) is 0 Å². The average Bonchev–Trinajstić information content (AvgIpc) is 3.55. The quantitative estimate of drug-likeness (QED) is 0.0950. The Morgan fingerprint density at radius 3 is 2.52 bits per heavy atom. The van der Waals surface area contributed by atoms with Gasteiger partial charge in [0, 0.05) is 43.2 Å². The number of hydrogen-bond donors (Lipinski definition) is 5. The Balaban J connectivity index is 1.47. The fourth-order valence-electron chi connectivity index (χ4n) is 7.75. The summed E-state index contributed by atoms with van der Waals surface area (Å²) < 4.78 is 7.99. The van der Waals surface area contributed by atoms with E-state index in [1.807, 2.05) is 0 Å². The molecule has 1 saturated carbocycles. The summed E-state index contributed by atoms with van der Waals surface area (Å²) in [6.07, 6.45) is 7.97. The molecular formula is C34H41N5O9. The molecule has 0 radical (unpaired) electrons. The first-order valence-corrected chi connectivity index (χ1v) is 16.4. The number of allylic oxidation sites excluding steroid dienone is 1. The number of phenols is 1. The van der Waals surface area contributed by atoms with Gasteiger partial charge in [0.2, 0.25) is 5.79 Å². The Morgan fingerprint density at radius 1 is 1.06 bits per heavy atom. The van der Waals surface area contributed by atoms with Crippen molar-refractivity contribution in [1.29, 1.82) is 0 Å². The third kappa shape index (κ3) is 6.40. The summed E-state index contributed by atoms with van der Waals surface area (Å²) in [7, 11) is 0. The van der Waals surface area contributed by atoms with E-state index in [1.54, 1.807) is 24.3 Å². The number of nitro benzene ring substituents is 1. The molecule has 0 bridgehead atoms. The van der Waals surface area contributed by atoms with Gasteiger partial charge < -0.3 is 35.1 Å². The standard InChI is InChI=1S/C34H41N5O9/c40-13-3-1-5-22-15-27-29(36-47-20-21-7-9-23(10-8-21)39(45)46)17-31(38-24(19-42)18-35-37-38)34(44)33(27)32(26(22)6-2-4-14-41)28-16-25(43)11-12-30(28)48-34/h7-12,15-16,18,22,26,31-33,40-44H,1-6,13-14,17,19-20H2/t22-,26+,31-,32+,33+,34+/m0/s1. The lowest BCUT2D eigenvalue weighted by Gasteiger charge is -2.56. The molecule has 6 atom stereocenters. The van der Waals surface area contributed by atoms with Crippen LogP contribution in [0.3, 0.4) is 0 Å². The van der Waals surface area contributed by atoms with E-state index in [2.05, 4.69) is 21.5 Å². The number of aliphatic hydroxyl groups is 4. The molecule has 6 rings (SSSR count). The summed E-state index contributed by atoms with van der Waals surface area (Å²) in [6, 6.07) is 10.00. The first-order valence-electron chi connectivity index (χ1n) is 16.4. The first kappa shape index (κ1) is 33.5. The molecule has 14 heteroatoms. The molecule has 3 aromatic rings. The van der Waals surface area contributed by atoms with Crippen LogP contribution in [0, 0.1) is 27.9 Å². The van der Waals surface area contributed by atoms with Crippen molar-refractivity contribution >= 4 is 11.4 Å². The van der Waals surface area contributed by atoms with E-state index in [-0.39, 0.29) is 62.0 Å². The highest BCUT2D eigenvalue weighted by atomic mass is 16.6. The van der Waals surface area contributed by atoms with Crippen molar-refractivity contribution in [3.05, 3.63) is 87.2 Å². The highest BCUT2D eigenvalue weighted by Gasteiger charge is 2.63. The number of hydrogen-bond acceptors (Lipinski definition) is 12. The molecule has 2 aliphatic carbocycles. The maximum absolute atomic E-state index is 12.8. The van der Waals surface area contributed by atoms with Crippen LogP contribution >= 0.6 is 0 Å². The number of ether oxygens (including phenoxy) is 1. The lowest BCUT2D eigenvalue weighted by Crippen LogP contribution is -2.62. The summed E-state index contributed by atoms with van der Waals surface area (Å²) in [4.78, 5) is 16.5. The smallest absolute Gasteiger partial charge is 0.269 e. The van der Waals surface area contributed by atoms with E-state index in [0.29, 0.717) is 35.6 Å². The minimum Gasteiger partial charge on any atom is -0.508 e. The fourth-order valence-corrected chi connectivity index (χ4v) is 7.75. The SMILES string of the molecule is O=[N+]([O-])c1ccc(CON=C2C[C@H](n3nncc3CO)[C@@]3(O)Oc4ccc(O)cc4[C@H]4[C@H](CCCCO)[C@@H](CCCCO)C=C2[C@H]43)cc1. The van der Waals surface area contributed by atoms with Gasteiger partial charge in [0.15, 0.2) is 0 Å². The largest absolute Gasteiger partial charge is 0.508 e. The molecule has 0 amide bonds. The number of benzene rings is 2. The van der Waals surface area contributed by atoms with Gasteiger partial charge in [-0.25, -0.2) is 4.68 Å². The van der Waals surface area contributed by atoms with Crippen LogP contribution in [0.4, 0.5) is 5.69 Å². The van der Waals surface area contributed by atoms with Gasteiger partial charge in [0.25, 0.3) is 5.69 Å². The molecule has 1 fully saturated rings. The molecule has 5 N–H and O–H groups in total. The number of nitrogens with zero attached hydrogens (tertiary/aromatic N) is 5. The van der Waals surface area contributed by atoms with Crippen molar-refractivity contribution in [2.45, 2.75) is 75.9 Å². The van der Waals surface area contributed by atoms with Crippen molar-refractivity contribution in [2.75, 3.05) is 13.2 Å². The van der Waals surface area contributed by atoms with Crippen LogP contribution in [0.15, 0.2) is 65.5 Å². The summed E-state index contributed by atoms with van der Waals surface area (Å²) in [5.41, 5.74) is 3.07. The number of nitro groups is 1. The van der Waals surface area contributed by atoms with Gasteiger partial charge in [0.1, 0.15) is 24.1 Å². The van der Waals surface area contributed by atoms with E-state index in [0.717, 1.165) is 36.8 Å². The third-order valence-corrected chi connectivity index (χ3v) is 9.92. The molecule has 3 aliphatic rings. The molecule has 2 heterocycles. The number of fused-ring (bicyclic) bond motifs is 2. The zero-order valence-electron chi connectivity index (χ0n) is 26.5. The monoisotopic (exact) mass is 663 g/mol. The van der Waals surface area contributed by atoms with Crippen molar-refractivity contribution in [1.82, 2.24) is 15.0 Å². The predicted octanol–water partition coefficient (Wildman–Crippen LogP) is 3.88. The molecule has 0 spiro atoms. The zero-order valence-corrected chi connectivity index (χ0v) is 26.5. The number of unbranched alkanes of at least 4 members (excludes halogenated alkanes) is 2. The maximum Gasteiger partial charge on any atom is 0.269 e. The Bertz CT molecular complexity index is 1660. The van der Waals surface area contributed by atoms with E-state index in [9.17, 15) is 35.6 Å².